The fourth-order valence-electron chi connectivity index (χ4n) is 3.43. The summed E-state index contributed by atoms with van der Waals surface area (Å²) >= 11 is 0. The van der Waals surface area contributed by atoms with E-state index in [0.717, 1.165) is 17.4 Å². The Morgan fingerprint density at radius 2 is 1.65 bits per heavy atom. The van der Waals surface area contributed by atoms with Crippen molar-refractivity contribution < 1.29 is 13.2 Å². The van der Waals surface area contributed by atoms with Gasteiger partial charge in [-0.15, -0.1) is 4.40 Å². The van der Waals surface area contributed by atoms with Crippen molar-refractivity contribution in [2.24, 2.45) is 15.7 Å². The molecule has 0 aliphatic heterocycles. The van der Waals surface area contributed by atoms with E-state index in [1.54, 1.807) is 31.1 Å². The molecule has 1 fully saturated rings. The van der Waals surface area contributed by atoms with Crippen LogP contribution < -0.4 is 0 Å². The molecule has 0 radical (unpaired) electrons. The lowest BCUT2D eigenvalue weighted by Crippen LogP contribution is -2.10. The first-order valence-corrected chi connectivity index (χ1v) is 9.85. The second kappa shape index (κ2) is 7.23. The molecule has 0 heterocycles. The molecule has 0 saturated heterocycles. The molecule has 1 aromatic carbocycles. The fourth-order valence-corrected chi connectivity index (χ4v) is 4.34. The average molecular weight is 378 g/mol. The summed E-state index contributed by atoms with van der Waals surface area (Å²) in [6, 6.07) is 6.81. The zero-order valence-corrected chi connectivity index (χ0v) is 17.0. The van der Waals surface area contributed by atoms with E-state index in [4.69, 9.17) is 0 Å². The summed E-state index contributed by atoms with van der Waals surface area (Å²) in [5.74, 6) is 0.303. The maximum absolute atomic E-state index is 12.2. The van der Waals surface area contributed by atoms with Crippen molar-refractivity contribution in [1.29, 1.82) is 0 Å². The van der Waals surface area contributed by atoms with Crippen LogP contribution in [0.15, 0.2) is 45.3 Å². The van der Waals surface area contributed by atoms with Crippen LogP contribution in [0.25, 0.3) is 0 Å². The molecule has 1 aliphatic carbocycles. The lowest BCUT2D eigenvalue weighted by molar-refractivity contribution is -0.105. The van der Waals surface area contributed by atoms with Crippen LogP contribution in [0.2, 0.25) is 0 Å². The van der Waals surface area contributed by atoms with E-state index in [9.17, 15) is 13.2 Å². The van der Waals surface area contributed by atoms with E-state index in [2.05, 4.69) is 18.2 Å². The van der Waals surface area contributed by atoms with Crippen LogP contribution >= 0.6 is 0 Å². The van der Waals surface area contributed by atoms with Gasteiger partial charge in [-0.2, -0.15) is 8.42 Å². The standard InChI is InChI=1S/C19H27N3O3S/c1-19(2)17(18(19)15(12-23)11-21(3)4)14-7-9-16(10-8-14)26(24,25)20-13-22(5)6/h7-13,17-18H,1-6H3/b15-11+,20-13+/t17-,18-/m1/s1. The van der Waals surface area contributed by atoms with Crippen LogP contribution in [0.4, 0.5) is 0 Å². The minimum absolute atomic E-state index is 0.0494. The molecular formula is C19H27N3O3S. The Kier molecular flexibility index (Phi) is 5.61. The quantitative estimate of drug-likeness (QED) is 0.316. The van der Waals surface area contributed by atoms with Crippen molar-refractivity contribution in [1.82, 2.24) is 9.80 Å². The van der Waals surface area contributed by atoms with Gasteiger partial charge < -0.3 is 9.80 Å². The second-order valence-corrected chi connectivity index (χ2v) is 9.35. The Balaban J connectivity index is 2.28. The number of hydrogen-bond acceptors (Lipinski definition) is 4. The van der Waals surface area contributed by atoms with Gasteiger partial charge in [-0.25, -0.2) is 0 Å². The molecule has 2 atom stereocenters. The predicted molar refractivity (Wildman–Crippen MR) is 104 cm³/mol. The Morgan fingerprint density at radius 3 is 2.12 bits per heavy atom. The number of nitrogens with zero attached hydrogens (tertiary/aromatic N) is 3. The molecule has 0 aromatic heterocycles. The molecule has 142 valence electrons. The van der Waals surface area contributed by atoms with Gasteiger partial charge in [-0.1, -0.05) is 26.0 Å². The van der Waals surface area contributed by atoms with E-state index in [1.807, 2.05) is 37.3 Å². The van der Waals surface area contributed by atoms with Gasteiger partial charge in [0.1, 0.15) is 12.6 Å². The van der Waals surface area contributed by atoms with Crippen molar-refractivity contribution in [3.8, 4) is 0 Å². The normalized spacial score (nSPS) is 22.3. The van der Waals surface area contributed by atoms with Crippen LogP contribution in [-0.4, -0.2) is 59.0 Å². The first-order valence-electron chi connectivity index (χ1n) is 8.41. The van der Waals surface area contributed by atoms with Gasteiger partial charge >= 0.3 is 0 Å². The number of benzene rings is 1. The second-order valence-electron chi connectivity index (χ2n) is 7.72. The van der Waals surface area contributed by atoms with E-state index >= 15 is 0 Å². The molecule has 0 amide bonds. The van der Waals surface area contributed by atoms with Gasteiger partial charge in [0.25, 0.3) is 10.0 Å². The number of hydrogen-bond donors (Lipinski definition) is 0. The SMILES string of the molecule is CN(C)/C=C(\C=O)[C@@H]1[C@@H](c2ccc(S(=O)(=O)/N=C/N(C)C)cc2)C1(C)C. The molecule has 2 rings (SSSR count). The number of sulfonamides is 1. The van der Waals surface area contributed by atoms with Crippen LogP contribution in [0.5, 0.6) is 0 Å². The fraction of sp³-hybridized carbons (Fsp3) is 0.474. The molecule has 0 spiro atoms. The highest BCUT2D eigenvalue weighted by molar-refractivity contribution is 7.90. The highest BCUT2D eigenvalue weighted by Crippen LogP contribution is 2.67. The van der Waals surface area contributed by atoms with E-state index in [1.165, 1.54) is 6.34 Å². The Hall–Kier alpha value is -2.15. The first kappa shape index (κ1) is 20.2. The zero-order valence-electron chi connectivity index (χ0n) is 16.2. The van der Waals surface area contributed by atoms with Crippen molar-refractivity contribution in [2.75, 3.05) is 28.2 Å². The summed E-state index contributed by atoms with van der Waals surface area (Å²) < 4.78 is 28.1. The minimum atomic E-state index is -3.70. The van der Waals surface area contributed by atoms with Gasteiger partial charge in [0.15, 0.2) is 0 Å². The molecule has 6 nitrogen and oxygen atoms in total. The predicted octanol–water partition coefficient (Wildman–Crippen LogP) is 2.35. The number of rotatable bonds is 7. The van der Waals surface area contributed by atoms with Gasteiger partial charge in [-0.3, -0.25) is 4.79 Å². The maximum Gasteiger partial charge on any atom is 0.283 e. The summed E-state index contributed by atoms with van der Waals surface area (Å²) in [7, 11) is 3.50. The third-order valence-corrected chi connectivity index (χ3v) is 5.92. The van der Waals surface area contributed by atoms with Crippen LogP contribution in [0.1, 0.15) is 25.3 Å². The molecule has 1 aromatic rings. The molecule has 26 heavy (non-hydrogen) atoms. The third kappa shape index (κ3) is 4.15. The summed E-state index contributed by atoms with van der Waals surface area (Å²) in [5.41, 5.74) is 1.74. The summed E-state index contributed by atoms with van der Waals surface area (Å²) in [4.78, 5) is 15.1. The van der Waals surface area contributed by atoms with Crippen LogP contribution in [0.3, 0.4) is 0 Å². The smallest absolute Gasteiger partial charge is 0.283 e. The van der Waals surface area contributed by atoms with E-state index < -0.39 is 10.0 Å². The Bertz CT molecular complexity index is 822. The van der Waals surface area contributed by atoms with Crippen LogP contribution in [0, 0.1) is 11.3 Å². The molecule has 0 unspecified atom stereocenters. The number of carbonyl (C=O) groups is 1. The topological polar surface area (TPSA) is 70.0 Å². The van der Waals surface area contributed by atoms with Crippen molar-refractivity contribution >= 4 is 22.6 Å². The summed E-state index contributed by atoms with van der Waals surface area (Å²) in [5, 5.41) is 0. The van der Waals surface area contributed by atoms with Gasteiger partial charge in [-0.05, 0) is 29.0 Å². The molecule has 7 heteroatoms. The van der Waals surface area contributed by atoms with Gasteiger partial charge in [0.2, 0.25) is 0 Å². The van der Waals surface area contributed by atoms with Crippen molar-refractivity contribution in [3.05, 3.63) is 41.6 Å². The van der Waals surface area contributed by atoms with E-state index in [0.29, 0.717) is 0 Å². The van der Waals surface area contributed by atoms with Crippen molar-refractivity contribution in [2.45, 2.75) is 24.7 Å². The van der Waals surface area contributed by atoms with E-state index in [-0.39, 0.29) is 22.1 Å². The maximum atomic E-state index is 12.2. The number of carbonyl (C=O) groups excluding carboxylic acids is 1. The molecule has 1 aliphatic rings. The van der Waals surface area contributed by atoms with Gasteiger partial charge in [0, 0.05) is 45.9 Å². The molecule has 0 N–H and O–H groups in total. The number of aldehydes is 1. The average Bonchev–Trinajstić information content (AvgIpc) is 3.13. The highest BCUT2D eigenvalue weighted by atomic mass is 32.2. The molecular weight excluding hydrogens is 350 g/mol. The third-order valence-electron chi connectivity index (χ3n) is 4.68. The minimum Gasteiger partial charge on any atom is -0.383 e. The number of allylic oxidation sites excluding steroid dienone is 1. The van der Waals surface area contributed by atoms with Crippen molar-refractivity contribution in [3.63, 3.8) is 0 Å². The lowest BCUT2D eigenvalue weighted by atomic mass is 10.0. The monoisotopic (exact) mass is 377 g/mol. The molecule has 1 saturated carbocycles. The Labute approximate surface area is 156 Å². The largest absolute Gasteiger partial charge is 0.383 e. The van der Waals surface area contributed by atoms with Gasteiger partial charge in [0.05, 0.1) is 4.90 Å². The zero-order chi connectivity index (χ0) is 19.7. The highest BCUT2D eigenvalue weighted by Gasteiger charge is 2.59. The Morgan fingerprint density at radius 1 is 1.08 bits per heavy atom. The summed E-state index contributed by atoms with van der Waals surface area (Å²) in [6.07, 6.45) is 4.04. The molecule has 0 bridgehead atoms. The lowest BCUT2D eigenvalue weighted by Gasteiger charge is -2.08. The first-order chi connectivity index (χ1) is 12.0. The van der Waals surface area contributed by atoms with Crippen LogP contribution in [-0.2, 0) is 14.8 Å². The summed E-state index contributed by atoms with van der Waals surface area (Å²) in [6.45, 7) is 4.25.